The van der Waals surface area contributed by atoms with Gasteiger partial charge in [-0.1, -0.05) is 13.8 Å². The number of carbonyl (C=O) groups excluding carboxylic acids is 2. The summed E-state index contributed by atoms with van der Waals surface area (Å²) in [6.45, 7) is 5.36. The number of piperazine rings is 1. The van der Waals surface area contributed by atoms with Crippen LogP contribution >= 0.6 is 11.3 Å². The zero-order valence-corrected chi connectivity index (χ0v) is 12.9. The first-order valence-corrected chi connectivity index (χ1v) is 8.10. The molecule has 2 amide bonds. The van der Waals surface area contributed by atoms with Gasteiger partial charge in [0.25, 0.3) is 0 Å². The summed E-state index contributed by atoms with van der Waals surface area (Å²) in [6, 6.07) is 1.76. The normalized spacial score (nSPS) is 19.2. The van der Waals surface area contributed by atoms with Crippen molar-refractivity contribution in [2.45, 2.75) is 39.2 Å². The molecular formula is C15H22N2O2S. The molecule has 0 aromatic carbocycles. The van der Waals surface area contributed by atoms with Crippen LogP contribution in [0.5, 0.6) is 0 Å². The molecule has 1 aliphatic heterocycles. The van der Waals surface area contributed by atoms with Gasteiger partial charge in [0, 0.05) is 19.5 Å². The highest BCUT2D eigenvalue weighted by atomic mass is 32.1. The molecule has 0 bridgehead atoms. The third-order valence-electron chi connectivity index (χ3n) is 3.55. The standard InChI is InChI=1S/C15H22N2O2S/c1-11(2)9-13-15(19)16-6-7-17(13)14(18)4-3-12-5-8-20-10-12/h5,8,10-11,13H,3-4,6-7,9H2,1-2H3,(H,16,19)/t13-/m0/s1. The van der Waals surface area contributed by atoms with Crippen LogP contribution in [0.25, 0.3) is 0 Å². The third-order valence-corrected chi connectivity index (χ3v) is 4.29. The Morgan fingerprint density at radius 1 is 1.55 bits per heavy atom. The number of rotatable bonds is 5. The van der Waals surface area contributed by atoms with E-state index in [2.05, 4.69) is 24.5 Å². The molecule has 1 saturated heterocycles. The van der Waals surface area contributed by atoms with Gasteiger partial charge < -0.3 is 10.2 Å². The van der Waals surface area contributed by atoms with Crippen molar-refractivity contribution < 1.29 is 9.59 Å². The summed E-state index contributed by atoms with van der Waals surface area (Å²) in [5.41, 5.74) is 1.20. The first-order chi connectivity index (χ1) is 9.58. The van der Waals surface area contributed by atoms with Gasteiger partial charge in [-0.2, -0.15) is 11.3 Å². The van der Waals surface area contributed by atoms with E-state index in [9.17, 15) is 9.59 Å². The van der Waals surface area contributed by atoms with E-state index >= 15 is 0 Å². The van der Waals surface area contributed by atoms with E-state index in [0.29, 0.717) is 25.4 Å². The maximum absolute atomic E-state index is 12.4. The summed E-state index contributed by atoms with van der Waals surface area (Å²) in [5.74, 6) is 0.488. The molecule has 0 saturated carbocycles. The number of nitrogens with one attached hydrogen (secondary N) is 1. The SMILES string of the molecule is CC(C)C[C@H]1C(=O)NCCN1C(=O)CCc1ccsc1. The van der Waals surface area contributed by atoms with E-state index in [0.717, 1.165) is 12.8 Å². The van der Waals surface area contributed by atoms with Gasteiger partial charge in [-0.25, -0.2) is 0 Å². The van der Waals surface area contributed by atoms with Gasteiger partial charge in [0.2, 0.25) is 11.8 Å². The third kappa shape index (κ3) is 3.82. The lowest BCUT2D eigenvalue weighted by molar-refractivity contribution is -0.143. The second-order valence-corrected chi connectivity index (χ2v) is 6.44. The summed E-state index contributed by atoms with van der Waals surface area (Å²) >= 11 is 1.65. The minimum atomic E-state index is -0.293. The number of hydrogen-bond acceptors (Lipinski definition) is 3. The molecule has 2 rings (SSSR count). The van der Waals surface area contributed by atoms with Gasteiger partial charge in [-0.3, -0.25) is 9.59 Å². The van der Waals surface area contributed by atoms with Gasteiger partial charge in [0.15, 0.2) is 0 Å². The molecule has 1 aromatic rings. The Morgan fingerprint density at radius 3 is 3.00 bits per heavy atom. The molecule has 1 atom stereocenters. The number of carbonyl (C=O) groups is 2. The average Bonchev–Trinajstić information content (AvgIpc) is 2.91. The molecule has 110 valence electrons. The maximum Gasteiger partial charge on any atom is 0.242 e. The molecule has 1 N–H and O–H groups in total. The Labute approximate surface area is 124 Å². The van der Waals surface area contributed by atoms with Crippen molar-refractivity contribution in [3.05, 3.63) is 22.4 Å². The summed E-state index contributed by atoms with van der Waals surface area (Å²) in [4.78, 5) is 26.1. The monoisotopic (exact) mass is 294 g/mol. The second kappa shape index (κ2) is 6.88. The first kappa shape index (κ1) is 15.0. The summed E-state index contributed by atoms with van der Waals surface area (Å²) in [5, 5.41) is 6.96. The Hall–Kier alpha value is -1.36. The summed E-state index contributed by atoms with van der Waals surface area (Å²) in [7, 11) is 0. The molecule has 4 nitrogen and oxygen atoms in total. The molecule has 5 heteroatoms. The van der Waals surface area contributed by atoms with E-state index in [1.54, 1.807) is 16.2 Å². The van der Waals surface area contributed by atoms with Crippen molar-refractivity contribution in [1.82, 2.24) is 10.2 Å². The van der Waals surface area contributed by atoms with Gasteiger partial charge in [-0.15, -0.1) is 0 Å². The molecule has 1 aromatic heterocycles. The van der Waals surface area contributed by atoms with Crippen molar-refractivity contribution >= 4 is 23.2 Å². The zero-order valence-electron chi connectivity index (χ0n) is 12.1. The summed E-state index contributed by atoms with van der Waals surface area (Å²) in [6.07, 6.45) is 1.98. The number of thiophene rings is 1. The predicted octanol–water partition coefficient (Wildman–Crippen LogP) is 2.05. The Kier molecular flexibility index (Phi) is 5.17. The smallest absolute Gasteiger partial charge is 0.242 e. The largest absolute Gasteiger partial charge is 0.353 e. The number of nitrogens with zero attached hydrogens (tertiary/aromatic N) is 1. The Morgan fingerprint density at radius 2 is 2.35 bits per heavy atom. The van der Waals surface area contributed by atoms with E-state index in [1.165, 1.54) is 5.56 Å². The van der Waals surface area contributed by atoms with Crippen molar-refractivity contribution in [3.63, 3.8) is 0 Å². The molecule has 20 heavy (non-hydrogen) atoms. The van der Waals surface area contributed by atoms with Gasteiger partial charge in [-0.05, 0) is 41.1 Å². The second-order valence-electron chi connectivity index (χ2n) is 5.66. The maximum atomic E-state index is 12.4. The van der Waals surface area contributed by atoms with Crippen LogP contribution in [0.15, 0.2) is 16.8 Å². The quantitative estimate of drug-likeness (QED) is 0.903. The molecule has 0 spiro atoms. The fourth-order valence-electron chi connectivity index (χ4n) is 2.52. The van der Waals surface area contributed by atoms with Crippen LogP contribution in [0.4, 0.5) is 0 Å². The fraction of sp³-hybridized carbons (Fsp3) is 0.600. The highest BCUT2D eigenvalue weighted by Crippen LogP contribution is 2.17. The van der Waals surface area contributed by atoms with Crippen LogP contribution in [0, 0.1) is 5.92 Å². The van der Waals surface area contributed by atoms with Crippen LogP contribution in [-0.2, 0) is 16.0 Å². The lowest BCUT2D eigenvalue weighted by Gasteiger charge is -2.36. The van der Waals surface area contributed by atoms with Crippen LogP contribution in [0.3, 0.4) is 0 Å². The number of aryl methyl sites for hydroxylation is 1. The Bertz CT molecular complexity index is 456. The number of hydrogen-bond donors (Lipinski definition) is 1. The minimum Gasteiger partial charge on any atom is -0.353 e. The van der Waals surface area contributed by atoms with Crippen LogP contribution < -0.4 is 5.32 Å². The van der Waals surface area contributed by atoms with Crippen molar-refractivity contribution in [3.8, 4) is 0 Å². The summed E-state index contributed by atoms with van der Waals surface area (Å²) < 4.78 is 0. The predicted molar refractivity (Wildman–Crippen MR) is 80.6 cm³/mol. The van der Waals surface area contributed by atoms with Crippen molar-refractivity contribution in [2.24, 2.45) is 5.92 Å². The topological polar surface area (TPSA) is 49.4 Å². The lowest BCUT2D eigenvalue weighted by atomic mass is 9.99. The Balaban J connectivity index is 1.96. The van der Waals surface area contributed by atoms with Gasteiger partial charge in [0.05, 0.1) is 0 Å². The van der Waals surface area contributed by atoms with E-state index in [-0.39, 0.29) is 17.9 Å². The average molecular weight is 294 g/mol. The van der Waals surface area contributed by atoms with E-state index < -0.39 is 0 Å². The van der Waals surface area contributed by atoms with Crippen LogP contribution in [0.1, 0.15) is 32.3 Å². The minimum absolute atomic E-state index is 0.00571. The van der Waals surface area contributed by atoms with E-state index in [4.69, 9.17) is 0 Å². The van der Waals surface area contributed by atoms with Crippen molar-refractivity contribution in [1.29, 1.82) is 0 Å². The van der Waals surface area contributed by atoms with Gasteiger partial charge in [0.1, 0.15) is 6.04 Å². The highest BCUT2D eigenvalue weighted by Gasteiger charge is 2.32. The lowest BCUT2D eigenvalue weighted by Crippen LogP contribution is -2.57. The molecule has 1 fully saturated rings. The number of amides is 2. The van der Waals surface area contributed by atoms with Gasteiger partial charge >= 0.3 is 0 Å². The highest BCUT2D eigenvalue weighted by molar-refractivity contribution is 7.07. The molecule has 1 aliphatic rings. The molecule has 0 aliphatic carbocycles. The van der Waals surface area contributed by atoms with E-state index in [1.807, 2.05) is 11.4 Å². The zero-order chi connectivity index (χ0) is 14.5. The van der Waals surface area contributed by atoms with Crippen LogP contribution in [0.2, 0.25) is 0 Å². The van der Waals surface area contributed by atoms with Crippen molar-refractivity contribution in [2.75, 3.05) is 13.1 Å². The molecule has 0 radical (unpaired) electrons. The molecule has 0 unspecified atom stereocenters. The molecule has 2 heterocycles. The van der Waals surface area contributed by atoms with Crippen LogP contribution in [-0.4, -0.2) is 35.8 Å². The fourth-order valence-corrected chi connectivity index (χ4v) is 3.23. The molecular weight excluding hydrogens is 272 g/mol. The first-order valence-electron chi connectivity index (χ1n) is 7.16.